The van der Waals surface area contributed by atoms with E-state index in [1.807, 2.05) is 12.3 Å². The van der Waals surface area contributed by atoms with Crippen molar-refractivity contribution in [3.8, 4) is 6.07 Å². The van der Waals surface area contributed by atoms with Crippen molar-refractivity contribution in [2.45, 2.75) is 37.8 Å². The average molecular weight is 377 g/mol. The number of carbonyl (C=O) groups excluding carboxylic acids is 1. The van der Waals surface area contributed by atoms with Crippen molar-refractivity contribution in [1.82, 2.24) is 14.8 Å². The summed E-state index contributed by atoms with van der Waals surface area (Å²) in [5.41, 5.74) is 2.23. The molecule has 2 fully saturated rings. The topological polar surface area (TPSA) is 63.5 Å². The molecule has 2 aliphatic heterocycles. The molecule has 28 heavy (non-hydrogen) atoms. The van der Waals surface area contributed by atoms with Crippen LogP contribution in [0.25, 0.3) is 10.9 Å². The first-order valence-electron chi connectivity index (χ1n) is 10.1. The van der Waals surface area contributed by atoms with Gasteiger partial charge in [0.05, 0.1) is 18.1 Å². The number of aromatic nitrogens is 1. The highest BCUT2D eigenvalue weighted by atomic mass is 16.2. The highest BCUT2D eigenvalue weighted by Crippen LogP contribution is 2.25. The van der Waals surface area contributed by atoms with Gasteiger partial charge in [-0.05, 0) is 49.9 Å². The Bertz CT molecular complexity index is 884. The van der Waals surface area contributed by atoms with Gasteiger partial charge in [0.25, 0.3) is 0 Å². The number of amides is 1. The fourth-order valence-corrected chi connectivity index (χ4v) is 4.44. The maximum Gasteiger partial charge on any atom is 0.237 e. The summed E-state index contributed by atoms with van der Waals surface area (Å²) in [6.45, 7) is 3.01. The maximum atomic E-state index is 12.6. The summed E-state index contributed by atoms with van der Waals surface area (Å²) in [6, 6.07) is 13.0. The van der Waals surface area contributed by atoms with E-state index in [9.17, 15) is 10.1 Å². The Morgan fingerprint density at radius 1 is 1.25 bits per heavy atom. The van der Waals surface area contributed by atoms with Gasteiger partial charge in [0, 0.05) is 50.0 Å². The smallest absolute Gasteiger partial charge is 0.237 e. The minimum atomic E-state index is -0.224. The van der Waals surface area contributed by atoms with Crippen molar-refractivity contribution in [2.75, 3.05) is 38.1 Å². The molecular weight excluding hydrogens is 350 g/mol. The lowest BCUT2D eigenvalue weighted by Gasteiger charge is -2.38. The number of anilines is 1. The maximum absolute atomic E-state index is 12.6. The van der Waals surface area contributed by atoms with Crippen molar-refractivity contribution < 1.29 is 4.79 Å². The second kappa shape index (κ2) is 8.15. The zero-order valence-corrected chi connectivity index (χ0v) is 16.4. The normalized spacial score (nSPS) is 21.0. The van der Waals surface area contributed by atoms with Crippen LogP contribution in [0.15, 0.2) is 36.5 Å². The van der Waals surface area contributed by atoms with Crippen LogP contribution in [-0.4, -0.2) is 66.0 Å². The highest BCUT2D eigenvalue weighted by molar-refractivity contribution is 5.82. The van der Waals surface area contributed by atoms with Crippen LogP contribution in [-0.2, 0) is 4.79 Å². The van der Waals surface area contributed by atoms with E-state index in [1.54, 1.807) is 4.90 Å². The van der Waals surface area contributed by atoms with E-state index in [1.165, 1.54) is 5.69 Å². The van der Waals surface area contributed by atoms with Crippen molar-refractivity contribution in [3.05, 3.63) is 36.5 Å². The number of rotatable bonds is 4. The van der Waals surface area contributed by atoms with Crippen molar-refractivity contribution in [2.24, 2.45) is 0 Å². The van der Waals surface area contributed by atoms with Gasteiger partial charge in [-0.2, -0.15) is 5.26 Å². The van der Waals surface area contributed by atoms with Crippen LogP contribution in [0.3, 0.4) is 0 Å². The Hall–Kier alpha value is -2.65. The number of piperidine rings is 1. The number of nitriles is 1. The van der Waals surface area contributed by atoms with Crippen molar-refractivity contribution >= 4 is 22.5 Å². The Kier molecular flexibility index (Phi) is 5.45. The number of hydrogen-bond acceptors (Lipinski definition) is 5. The van der Waals surface area contributed by atoms with Gasteiger partial charge in [-0.1, -0.05) is 6.07 Å². The summed E-state index contributed by atoms with van der Waals surface area (Å²) in [5.74, 6) is 0.109. The Labute approximate surface area is 166 Å². The highest BCUT2D eigenvalue weighted by Gasteiger charge is 2.31. The number of carbonyl (C=O) groups is 1. The largest absolute Gasteiger partial charge is 0.371 e. The minimum Gasteiger partial charge on any atom is -0.371 e. The molecule has 3 heterocycles. The molecule has 0 spiro atoms. The van der Waals surface area contributed by atoms with Crippen LogP contribution in [0.2, 0.25) is 0 Å². The lowest BCUT2D eigenvalue weighted by molar-refractivity contribution is -0.132. The van der Waals surface area contributed by atoms with Crippen molar-refractivity contribution in [1.29, 1.82) is 5.26 Å². The minimum absolute atomic E-state index is 0.109. The number of likely N-dealkylation sites (tertiary alicyclic amines) is 2. The first-order valence-corrected chi connectivity index (χ1v) is 10.1. The summed E-state index contributed by atoms with van der Waals surface area (Å²) >= 11 is 0. The van der Waals surface area contributed by atoms with Gasteiger partial charge in [-0.25, -0.2) is 0 Å². The first kappa shape index (κ1) is 18.7. The third-order valence-electron chi connectivity index (χ3n) is 6.18. The van der Waals surface area contributed by atoms with Gasteiger partial charge in [0.1, 0.15) is 6.04 Å². The summed E-state index contributed by atoms with van der Waals surface area (Å²) < 4.78 is 0. The molecule has 4 rings (SSSR count). The number of fused-ring (bicyclic) bond motifs is 1. The third-order valence-corrected chi connectivity index (χ3v) is 6.18. The molecule has 1 atom stereocenters. The Morgan fingerprint density at radius 2 is 2.07 bits per heavy atom. The van der Waals surface area contributed by atoms with Gasteiger partial charge >= 0.3 is 0 Å². The standard InChI is InChI=1S/C22H27N5O/c1-25(19-6-7-21-17(14-19)4-2-10-24-21)18-8-12-26(13-9-18)16-22(28)27-11-3-5-20(27)15-23/h2,4,6-7,10,14,18,20H,3,5,8-9,11-13,16H2,1H3. The molecule has 0 bridgehead atoms. The molecule has 2 aromatic rings. The van der Waals surface area contributed by atoms with E-state index in [-0.39, 0.29) is 11.9 Å². The predicted octanol–water partition coefficient (Wildman–Crippen LogP) is 2.65. The molecule has 6 nitrogen and oxygen atoms in total. The zero-order valence-electron chi connectivity index (χ0n) is 16.4. The molecule has 6 heteroatoms. The predicted molar refractivity (Wildman–Crippen MR) is 110 cm³/mol. The Morgan fingerprint density at radius 3 is 2.86 bits per heavy atom. The molecular formula is C22H27N5O. The quantitative estimate of drug-likeness (QED) is 0.820. The average Bonchev–Trinajstić information content (AvgIpc) is 3.22. The van der Waals surface area contributed by atoms with E-state index in [0.29, 0.717) is 12.6 Å². The molecule has 0 N–H and O–H groups in total. The second-order valence-corrected chi connectivity index (χ2v) is 7.87. The molecule has 1 amide bonds. The second-order valence-electron chi connectivity index (χ2n) is 7.87. The molecule has 1 aromatic carbocycles. The van der Waals surface area contributed by atoms with E-state index >= 15 is 0 Å². The van der Waals surface area contributed by atoms with Gasteiger partial charge < -0.3 is 9.80 Å². The first-order chi connectivity index (χ1) is 13.7. The molecule has 0 radical (unpaired) electrons. The summed E-state index contributed by atoms with van der Waals surface area (Å²) in [5, 5.41) is 10.4. The number of nitrogens with zero attached hydrogens (tertiary/aromatic N) is 5. The molecule has 0 aliphatic carbocycles. The summed E-state index contributed by atoms with van der Waals surface area (Å²) in [7, 11) is 2.16. The van der Waals surface area contributed by atoms with E-state index < -0.39 is 0 Å². The van der Waals surface area contributed by atoms with Crippen molar-refractivity contribution in [3.63, 3.8) is 0 Å². The van der Waals surface area contributed by atoms with Crippen LogP contribution in [0.1, 0.15) is 25.7 Å². The van der Waals surface area contributed by atoms with Crippen LogP contribution < -0.4 is 4.90 Å². The molecule has 1 unspecified atom stereocenters. The van der Waals surface area contributed by atoms with Crippen LogP contribution in [0.4, 0.5) is 5.69 Å². The van der Waals surface area contributed by atoms with Crippen LogP contribution in [0.5, 0.6) is 0 Å². The fraction of sp³-hybridized carbons (Fsp3) is 0.500. The summed E-state index contributed by atoms with van der Waals surface area (Å²) in [6.07, 6.45) is 5.66. The molecule has 2 aliphatic rings. The molecule has 2 saturated heterocycles. The van der Waals surface area contributed by atoms with Gasteiger partial charge in [0.15, 0.2) is 0 Å². The zero-order chi connectivity index (χ0) is 19.5. The lowest BCUT2D eigenvalue weighted by atomic mass is 10.0. The van der Waals surface area contributed by atoms with E-state index in [0.717, 1.165) is 56.2 Å². The number of pyridine rings is 1. The van der Waals surface area contributed by atoms with Crippen LogP contribution in [0, 0.1) is 11.3 Å². The fourth-order valence-electron chi connectivity index (χ4n) is 4.44. The molecule has 1 aromatic heterocycles. The van der Waals surface area contributed by atoms with Gasteiger partial charge in [0.2, 0.25) is 5.91 Å². The summed E-state index contributed by atoms with van der Waals surface area (Å²) in [4.78, 5) is 23.3. The Balaban J connectivity index is 1.33. The van der Waals surface area contributed by atoms with Gasteiger partial charge in [-0.3, -0.25) is 14.7 Å². The van der Waals surface area contributed by atoms with E-state index in [4.69, 9.17) is 0 Å². The molecule has 0 saturated carbocycles. The monoisotopic (exact) mass is 377 g/mol. The number of benzene rings is 1. The third kappa shape index (κ3) is 3.81. The SMILES string of the molecule is CN(c1ccc2ncccc2c1)C1CCN(CC(=O)N2CCCC2C#N)CC1. The lowest BCUT2D eigenvalue weighted by Crippen LogP contribution is -2.48. The molecule has 146 valence electrons. The van der Waals surface area contributed by atoms with Crippen LogP contribution >= 0.6 is 0 Å². The number of hydrogen-bond donors (Lipinski definition) is 0. The van der Waals surface area contributed by atoms with E-state index in [2.05, 4.69) is 52.2 Å². The van der Waals surface area contributed by atoms with Gasteiger partial charge in [-0.15, -0.1) is 0 Å².